The van der Waals surface area contributed by atoms with Crippen molar-refractivity contribution in [1.82, 2.24) is 20.4 Å². The average Bonchev–Trinajstić information content (AvgIpc) is 3.57. The minimum Gasteiger partial charge on any atom is -0.493 e. The number of piperazine rings is 1. The lowest BCUT2D eigenvalue weighted by atomic mass is 10.1. The van der Waals surface area contributed by atoms with Gasteiger partial charge in [-0.25, -0.2) is 4.99 Å². The van der Waals surface area contributed by atoms with Crippen LogP contribution in [0.15, 0.2) is 23.2 Å². The lowest BCUT2D eigenvalue weighted by molar-refractivity contribution is 0.152. The van der Waals surface area contributed by atoms with E-state index in [0.29, 0.717) is 6.54 Å². The summed E-state index contributed by atoms with van der Waals surface area (Å²) in [7, 11) is 2.21. The molecular weight excluding hydrogens is 501 g/mol. The van der Waals surface area contributed by atoms with E-state index >= 15 is 0 Å². The van der Waals surface area contributed by atoms with Crippen LogP contribution < -0.4 is 15.4 Å². The van der Waals surface area contributed by atoms with Gasteiger partial charge in [-0.2, -0.15) is 0 Å². The Morgan fingerprint density at radius 1 is 1.13 bits per heavy atom. The Labute approximate surface area is 206 Å². The van der Waals surface area contributed by atoms with Crippen molar-refractivity contribution in [3.63, 3.8) is 0 Å². The van der Waals surface area contributed by atoms with Crippen LogP contribution in [0.3, 0.4) is 0 Å². The zero-order chi connectivity index (χ0) is 21.2. The number of halogens is 1. The molecule has 0 radical (unpaired) electrons. The van der Waals surface area contributed by atoms with Gasteiger partial charge in [0.25, 0.3) is 0 Å². The van der Waals surface area contributed by atoms with Gasteiger partial charge in [-0.15, -0.1) is 24.0 Å². The molecule has 0 bridgehead atoms. The fourth-order valence-electron chi connectivity index (χ4n) is 3.66. The Morgan fingerprint density at radius 3 is 2.61 bits per heavy atom. The zero-order valence-electron chi connectivity index (χ0n) is 19.7. The number of likely N-dealkylation sites (N-methyl/N-ethyl adjacent to an activating group) is 1. The van der Waals surface area contributed by atoms with Crippen LogP contribution in [0.25, 0.3) is 0 Å². The summed E-state index contributed by atoms with van der Waals surface area (Å²) < 4.78 is 6.09. The number of nitrogens with one attached hydrogen (secondary N) is 2. The molecule has 0 amide bonds. The number of nitrogens with zero attached hydrogens (tertiary/aromatic N) is 3. The smallest absolute Gasteiger partial charge is 0.191 e. The zero-order valence-corrected chi connectivity index (χ0v) is 22.0. The quantitative estimate of drug-likeness (QED) is 0.194. The predicted octanol–water partition coefficient (Wildman–Crippen LogP) is 3.48. The van der Waals surface area contributed by atoms with Crippen LogP contribution >= 0.6 is 24.0 Å². The van der Waals surface area contributed by atoms with Crippen LogP contribution in [-0.4, -0.2) is 75.2 Å². The molecule has 1 aromatic rings. The number of benzene rings is 1. The van der Waals surface area contributed by atoms with Gasteiger partial charge in [0.2, 0.25) is 0 Å². The molecule has 1 aromatic carbocycles. The molecule has 0 atom stereocenters. The Kier molecular flexibility index (Phi) is 12.0. The topological polar surface area (TPSA) is 52.1 Å². The molecule has 0 unspecified atom stereocenters. The summed E-state index contributed by atoms with van der Waals surface area (Å²) in [4.78, 5) is 9.80. The summed E-state index contributed by atoms with van der Waals surface area (Å²) in [6.45, 7) is 13.5. The molecule has 1 aliphatic heterocycles. The second-order valence-corrected chi connectivity index (χ2v) is 8.84. The second-order valence-electron chi connectivity index (χ2n) is 8.84. The molecular formula is C24H42IN5O. The van der Waals surface area contributed by atoms with E-state index in [9.17, 15) is 0 Å². The van der Waals surface area contributed by atoms with Crippen molar-refractivity contribution in [3.8, 4) is 5.75 Å². The second kappa shape index (κ2) is 14.2. The van der Waals surface area contributed by atoms with Gasteiger partial charge in [0, 0.05) is 44.8 Å². The van der Waals surface area contributed by atoms with Crippen molar-refractivity contribution in [3.05, 3.63) is 29.3 Å². The Bertz CT molecular complexity index is 672. The third kappa shape index (κ3) is 9.95. The first kappa shape index (κ1) is 26.2. The fraction of sp³-hybridized carbons (Fsp3) is 0.708. The highest BCUT2D eigenvalue weighted by atomic mass is 127. The standard InChI is InChI=1S/C24H41N5O.HI/c1-4-25-24(26-11-5-6-12-29-15-13-28(3)14-16-29)27-18-22-10-7-20(2)17-23(22)30-19-21-8-9-21;/h7,10,17,21H,4-6,8-9,11-16,18-19H2,1-3H3,(H2,25,26,27);1H. The summed E-state index contributed by atoms with van der Waals surface area (Å²) in [5.41, 5.74) is 2.40. The predicted molar refractivity (Wildman–Crippen MR) is 141 cm³/mol. The first-order valence-corrected chi connectivity index (χ1v) is 11.8. The lowest BCUT2D eigenvalue weighted by Gasteiger charge is -2.32. The SMILES string of the molecule is CCNC(=NCc1ccc(C)cc1OCC1CC1)NCCCCN1CCN(C)CC1.I. The summed E-state index contributed by atoms with van der Waals surface area (Å²) in [6, 6.07) is 6.44. The maximum absolute atomic E-state index is 6.09. The fourth-order valence-corrected chi connectivity index (χ4v) is 3.66. The monoisotopic (exact) mass is 543 g/mol. The molecule has 1 saturated heterocycles. The molecule has 2 aliphatic rings. The van der Waals surface area contributed by atoms with Gasteiger partial charge in [-0.1, -0.05) is 12.1 Å². The van der Waals surface area contributed by atoms with E-state index in [1.165, 1.54) is 57.5 Å². The van der Waals surface area contributed by atoms with Crippen molar-refractivity contribution in [2.24, 2.45) is 10.9 Å². The molecule has 6 nitrogen and oxygen atoms in total. The minimum atomic E-state index is 0. The van der Waals surface area contributed by atoms with Crippen LogP contribution in [0, 0.1) is 12.8 Å². The number of aliphatic imine (C=N–C) groups is 1. The number of aryl methyl sites for hydroxylation is 1. The van der Waals surface area contributed by atoms with Crippen molar-refractivity contribution in [2.45, 2.75) is 46.1 Å². The minimum absolute atomic E-state index is 0. The highest BCUT2D eigenvalue weighted by Gasteiger charge is 2.22. The Hall–Kier alpha value is -1.06. The summed E-state index contributed by atoms with van der Waals surface area (Å²) in [6.07, 6.45) is 5.01. The summed E-state index contributed by atoms with van der Waals surface area (Å²) in [5, 5.41) is 6.87. The molecule has 2 fully saturated rings. The number of guanidine groups is 1. The van der Waals surface area contributed by atoms with Crippen molar-refractivity contribution >= 4 is 29.9 Å². The molecule has 1 aliphatic carbocycles. The summed E-state index contributed by atoms with van der Waals surface area (Å²) in [5.74, 6) is 2.64. The highest BCUT2D eigenvalue weighted by Crippen LogP contribution is 2.30. The van der Waals surface area contributed by atoms with Crippen LogP contribution in [-0.2, 0) is 6.54 Å². The first-order chi connectivity index (χ1) is 14.6. The van der Waals surface area contributed by atoms with Gasteiger partial charge in [0.15, 0.2) is 5.96 Å². The average molecular weight is 544 g/mol. The molecule has 0 spiro atoms. The van der Waals surface area contributed by atoms with E-state index in [0.717, 1.165) is 49.3 Å². The number of hydrogen-bond donors (Lipinski definition) is 2. The third-order valence-electron chi connectivity index (χ3n) is 5.94. The lowest BCUT2D eigenvalue weighted by Crippen LogP contribution is -2.44. The van der Waals surface area contributed by atoms with Crippen LogP contribution in [0.1, 0.15) is 43.7 Å². The van der Waals surface area contributed by atoms with Crippen molar-refractivity contribution in [2.75, 3.05) is 59.5 Å². The van der Waals surface area contributed by atoms with Crippen molar-refractivity contribution in [1.29, 1.82) is 0 Å². The Morgan fingerprint density at radius 2 is 1.90 bits per heavy atom. The third-order valence-corrected chi connectivity index (χ3v) is 5.94. The molecule has 7 heteroatoms. The number of hydrogen-bond acceptors (Lipinski definition) is 4. The van der Waals surface area contributed by atoms with Gasteiger partial charge in [0.05, 0.1) is 13.2 Å². The largest absolute Gasteiger partial charge is 0.493 e. The van der Waals surface area contributed by atoms with E-state index < -0.39 is 0 Å². The molecule has 31 heavy (non-hydrogen) atoms. The van der Waals surface area contributed by atoms with Gasteiger partial charge < -0.3 is 25.2 Å². The summed E-state index contributed by atoms with van der Waals surface area (Å²) >= 11 is 0. The van der Waals surface area contributed by atoms with E-state index in [1.54, 1.807) is 0 Å². The van der Waals surface area contributed by atoms with Gasteiger partial charge >= 0.3 is 0 Å². The molecule has 1 heterocycles. The van der Waals surface area contributed by atoms with E-state index in [-0.39, 0.29) is 24.0 Å². The number of unbranched alkanes of at least 4 members (excludes halogenated alkanes) is 1. The van der Waals surface area contributed by atoms with E-state index in [2.05, 4.69) is 59.5 Å². The number of rotatable bonds is 11. The molecule has 176 valence electrons. The molecule has 3 rings (SSSR count). The Balaban J connectivity index is 0.00000341. The first-order valence-electron chi connectivity index (χ1n) is 11.8. The van der Waals surface area contributed by atoms with Crippen LogP contribution in [0.4, 0.5) is 0 Å². The maximum Gasteiger partial charge on any atom is 0.191 e. The maximum atomic E-state index is 6.09. The van der Waals surface area contributed by atoms with Crippen molar-refractivity contribution < 1.29 is 4.74 Å². The van der Waals surface area contributed by atoms with Gasteiger partial charge in [-0.3, -0.25) is 0 Å². The van der Waals surface area contributed by atoms with E-state index in [1.807, 2.05) is 0 Å². The van der Waals surface area contributed by atoms with Gasteiger partial charge in [0.1, 0.15) is 5.75 Å². The molecule has 0 aromatic heterocycles. The molecule has 2 N–H and O–H groups in total. The number of ether oxygens (including phenoxy) is 1. The van der Waals surface area contributed by atoms with Crippen LogP contribution in [0.5, 0.6) is 5.75 Å². The van der Waals surface area contributed by atoms with E-state index in [4.69, 9.17) is 9.73 Å². The van der Waals surface area contributed by atoms with Crippen LogP contribution in [0.2, 0.25) is 0 Å². The molecule has 1 saturated carbocycles. The van der Waals surface area contributed by atoms with Gasteiger partial charge in [-0.05, 0) is 70.7 Å². The normalized spacial score (nSPS) is 17.8. The highest BCUT2D eigenvalue weighted by molar-refractivity contribution is 14.0.